The van der Waals surface area contributed by atoms with Crippen molar-refractivity contribution in [3.05, 3.63) is 59.7 Å². The topological polar surface area (TPSA) is 115 Å². The van der Waals surface area contributed by atoms with Crippen molar-refractivity contribution in [1.29, 1.82) is 0 Å². The van der Waals surface area contributed by atoms with Gasteiger partial charge in [0.05, 0.1) is 24.3 Å². The lowest BCUT2D eigenvalue weighted by Crippen LogP contribution is -2.49. The number of thiocarbonyl (C=S) groups is 1. The number of carbonyl (C=O) groups is 3. The fourth-order valence-corrected chi connectivity index (χ4v) is 3.05. The van der Waals surface area contributed by atoms with Crippen LogP contribution in [0.2, 0.25) is 0 Å². The van der Waals surface area contributed by atoms with Crippen LogP contribution < -0.4 is 25.6 Å². The number of esters is 1. The standard InChI is InChI=1S/C25H31N3O6S/c1-3-5-6-9-16-33-21-11-8-7-10-20(21)23(30)26-25(35)28-27-22(29)17-34-19-14-12-18(13-15-19)24(31)32-4-2/h7-8,10-15H,3-6,9,16-17H2,1-2H3,(H,27,29)(H2,26,28,30,35). The summed E-state index contributed by atoms with van der Waals surface area (Å²) in [7, 11) is 0. The number of nitrogens with one attached hydrogen (secondary N) is 3. The Morgan fingerprint density at radius 2 is 1.63 bits per heavy atom. The van der Waals surface area contributed by atoms with Crippen LogP contribution >= 0.6 is 12.2 Å². The molecule has 0 atom stereocenters. The Morgan fingerprint density at radius 3 is 2.34 bits per heavy atom. The number of hydrazine groups is 1. The Kier molecular flexibility index (Phi) is 12.0. The van der Waals surface area contributed by atoms with Crippen molar-refractivity contribution in [2.45, 2.75) is 39.5 Å². The highest BCUT2D eigenvalue weighted by atomic mass is 32.1. The average molecular weight is 502 g/mol. The van der Waals surface area contributed by atoms with Gasteiger partial charge in [0.15, 0.2) is 11.7 Å². The lowest BCUT2D eigenvalue weighted by molar-refractivity contribution is -0.123. The number of rotatable bonds is 12. The Balaban J connectivity index is 1.75. The zero-order valence-corrected chi connectivity index (χ0v) is 20.7. The Morgan fingerprint density at radius 1 is 0.886 bits per heavy atom. The highest BCUT2D eigenvalue weighted by Gasteiger charge is 2.14. The maximum Gasteiger partial charge on any atom is 0.338 e. The second-order valence-electron chi connectivity index (χ2n) is 7.40. The summed E-state index contributed by atoms with van der Waals surface area (Å²) in [6, 6.07) is 13.1. The van der Waals surface area contributed by atoms with Crippen LogP contribution in [0.15, 0.2) is 48.5 Å². The molecule has 35 heavy (non-hydrogen) atoms. The fraction of sp³-hybridized carbons (Fsp3) is 0.360. The van der Waals surface area contributed by atoms with E-state index in [1.54, 1.807) is 55.5 Å². The van der Waals surface area contributed by atoms with Crippen LogP contribution in [0.4, 0.5) is 0 Å². The average Bonchev–Trinajstić information content (AvgIpc) is 2.86. The minimum atomic E-state index is -0.521. The predicted molar refractivity (Wildman–Crippen MR) is 135 cm³/mol. The van der Waals surface area contributed by atoms with E-state index in [0.29, 0.717) is 29.2 Å². The van der Waals surface area contributed by atoms with E-state index < -0.39 is 17.8 Å². The Bertz CT molecular complexity index is 997. The molecule has 0 aliphatic carbocycles. The lowest BCUT2D eigenvalue weighted by Gasteiger charge is -2.14. The number of amides is 2. The molecule has 0 aromatic heterocycles. The molecule has 9 nitrogen and oxygen atoms in total. The molecule has 0 unspecified atom stereocenters. The van der Waals surface area contributed by atoms with Crippen LogP contribution in [0.25, 0.3) is 0 Å². The number of hydrogen-bond donors (Lipinski definition) is 3. The monoisotopic (exact) mass is 501 g/mol. The van der Waals surface area contributed by atoms with Crippen LogP contribution in [0, 0.1) is 0 Å². The first kappa shape index (κ1) is 27.6. The molecule has 2 amide bonds. The minimum absolute atomic E-state index is 0.0834. The van der Waals surface area contributed by atoms with E-state index in [9.17, 15) is 14.4 Å². The molecule has 0 radical (unpaired) electrons. The minimum Gasteiger partial charge on any atom is -0.493 e. The van der Waals surface area contributed by atoms with E-state index in [1.165, 1.54) is 0 Å². The maximum absolute atomic E-state index is 12.6. The summed E-state index contributed by atoms with van der Waals surface area (Å²) in [5, 5.41) is 2.42. The zero-order chi connectivity index (χ0) is 25.5. The van der Waals surface area contributed by atoms with E-state index in [2.05, 4.69) is 23.1 Å². The molecule has 3 N–H and O–H groups in total. The second kappa shape index (κ2) is 15.3. The molecule has 0 aliphatic heterocycles. The maximum atomic E-state index is 12.6. The van der Waals surface area contributed by atoms with Crippen molar-refractivity contribution in [1.82, 2.24) is 16.2 Å². The first-order valence-corrected chi connectivity index (χ1v) is 11.9. The third kappa shape index (κ3) is 10.0. The van der Waals surface area contributed by atoms with Gasteiger partial charge in [-0.25, -0.2) is 4.79 Å². The van der Waals surface area contributed by atoms with Gasteiger partial charge in [-0.05, 0) is 62.0 Å². The highest BCUT2D eigenvalue weighted by Crippen LogP contribution is 2.18. The van der Waals surface area contributed by atoms with Gasteiger partial charge in [-0.2, -0.15) is 0 Å². The first-order valence-electron chi connectivity index (χ1n) is 11.5. The number of hydrogen-bond acceptors (Lipinski definition) is 7. The summed E-state index contributed by atoms with van der Waals surface area (Å²) in [6.45, 7) is 4.36. The molecule has 0 saturated carbocycles. The third-order valence-electron chi connectivity index (χ3n) is 4.67. The Hall–Kier alpha value is -3.66. The fourth-order valence-electron chi connectivity index (χ4n) is 2.91. The van der Waals surface area contributed by atoms with Crippen molar-refractivity contribution in [3.63, 3.8) is 0 Å². The van der Waals surface area contributed by atoms with E-state index in [-0.39, 0.29) is 18.3 Å². The summed E-state index contributed by atoms with van der Waals surface area (Å²) in [6.07, 6.45) is 4.26. The first-order chi connectivity index (χ1) is 16.9. The summed E-state index contributed by atoms with van der Waals surface area (Å²) in [5.74, 6) is -0.547. The number of carbonyl (C=O) groups excluding carboxylic acids is 3. The van der Waals surface area contributed by atoms with Gasteiger partial charge in [0.1, 0.15) is 11.5 Å². The van der Waals surface area contributed by atoms with Gasteiger partial charge in [-0.1, -0.05) is 38.3 Å². The molecule has 0 bridgehead atoms. The van der Waals surface area contributed by atoms with Gasteiger partial charge >= 0.3 is 5.97 Å². The summed E-state index contributed by atoms with van der Waals surface area (Å²) >= 11 is 5.08. The number of benzene rings is 2. The molecular formula is C25H31N3O6S. The van der Waals surface area contributed by atoms with Crippen molar-refractivity contribution in [2.24, 2.45) is 0 Å². The van der Waals surface area contributed by atoms with Gasteiger partial charge in [0.25, 0.3) is 11.8 Å². The molecule has 0 heterocycles. The zero-order valence-electron chi connectivity index (χ0n) is 19.9. The molecule has 0 fully saturated rings. The molecule has 2 aromatic carbocycles. The van der Waals surface area contributed by atoms with Gasteiger partial charge in [-0.15, -0.1) is 0 Å². The van der Waals surface area contributed by atoms with Crippen LogP contribution in [0.1, 0.15) is 60.2 Å². The molecule has 0 spiro atoms. The molecule has 2 rings (SSSR count). The number of para-hydroxylation sites is 1. The van der Waals surface area contributed by atoms with Crippen LogP contribution in [-0.2, 0) is 9.53 Å². The van der Waals surface area contributed by atoms with E-state index in [1.807, 2.05) is 0 Å². The van der Waals surface area contributed by atoms with Gasteiger partial charge in [0.2, 0.25) is 0 Å². The van der Waals surface area contributed by atoms with Gasteiger partial charge in [0, 0.05) is 0 Å². The molecule has 10 heteroatoms. The highest BCUT2D eigenvalue weighted by molar-refractivity contribution is 7.80. The quantitative estimate of drug-likeness (QED) is 0.175. The Labute approximate surface area is 210 Å². The van der Waals surface area contributed by atoms with Crippen LogP contribution in [-0.4, -0.2) is 42.7 Å². The van der Waals surface area contributed by atoms with Crippen molar-refractivity contribution >= 4 is 35.1 Å². The molecule has 188 valence electrons. The van der Waals surface area contributed by atoms with Crippen LogP contribution in [0.3, 0.4) is 0 Å². The third-order valence-corrected chi connectivity index (χ3v) is 4.87. The SMILES string of the molecule is CCCCCCOc1ccccc1C(=O)NC(=S)NNC(=O)COc1ccc(C(=O)OCC)cc1. The van der Waals surface area contributed by atoms with Gasteiger partial charge < -0.3 is 14.2 Å². The number of unbranched alkanes of at least 4 members (excludes halogenated alkanes) is 3. The molecule has 0 aliphatic rings. The smallest absolute Gasteiger partial charge is 0.338 e. The van der Waals surface area contributed by atoms with E-state index in [4.69, 9.17) is 26.4 Å². The van der Waals surface area contributed by atoms with Gasteiger partial charge in [-0.3, -0.25) is 25.8 Å². The molecular weight excluding hydrogens is 470 g/mol. The van der Waals surface area contributed by atoms with Crippen molar-refractivity contribution in [2.75, 3.05) is 19.8 Å². The van der Waals surface area contributed by atoms with Crippen molar-refractivity contribution < 1.29 is 28.6 Å². The van der Waals surface area contributed by atoms with Crippen molar-refractivity contribution in [3.8, 4) is 11.5 Å². The lowest BCUT2D eigenvalue weighted by atomic mass is 10.2. The molecule has 0 saturated heterocycles. The summed E-state index contributed by atoms with van der Waals surface area (Å²) in [4.78, 5) is 36.3. The summed E-state index contributed by atoms with van der Waals surface area (Å²) in [5.41, 5.74) is 5.54. The van der Waals surface area contributed by atoms with E-state index in [0.717, 1.165) is 25.7 Å². The van der Waals surface area contributed by atoms with E-state index >= 15 is 0 Å². The number of ether oxygens (including phenoxy) is 3. The normalized spacial score (nSPS) is 10.1. The molecule has 2 aromatic rings. The summed E-state index contributed by atoms with van der Waals surface area (Å²) < 4.78 is 16.0. The second-order valence-corrected chi connectivity index (χ2v) is 7.80. The van der Waals surface area contributed by atoms with Crippen LogP contribution in [0.5, 0.6) is 11.5 Å². The predicted octanol–water partition coefficient (Wildman–Crippen LogP) is 3.54. The largest absolute Gasteiger partial charge is 0.493 e.